The molecule has 0 aromatic heterocycles. The van der Waals surface area contributed by atoms with E-state index in [1.54, 1.807) is 0 Å². The first kappa shape index (κ1) is 9.44. The third-order valence-corrected chi connectivity index (χ3v) is 3.46. The van der Waals surface area contributed by atoms with Crippen LogP contribution in [0.15, 0.2) is 0 Å². The highest BCUT2D eigenvalue weighted by Crippen LogP contribution is 2.33. The van der Waals surface area contributed by atoms with E-state index in [9.17, 15) is 0 Å². The molecule has 0 spiro atoms. The summed E-state index contributed by atoms with van der Waals surface area (Å²) in [6.45, 7) is 3.82. The van der Waals surface area contributed by atoms with E-state index in [2.05, 4.69) is 22.6 Å². The molecule has 0 aliphatic rings. The second-order valence-electron chi connectivity index (χ2n) is 2.81. The molecule has 0 aliphatic carbocycles. The lowest BCUT2D eigenvalue weighted by Crippen LogP contribution is -2.06. The van der Waals surface area contributed by atoms with Crippen molar-refractivity contribution in [1.82, 2.24) is 0 Å². The first-order chi connectivity index (χ1) is 5.46. The Bertz CT molecular complexity index is 229. The molecule has 1 aromatic carbocycles. The molecule has 0 saturated heterocycles. The summed E-state index contributed by atoms with van der Waals surface area (Å²) in [5.74, 6) is 0. The standard InChI is InChI=1S/C8H12IN3/c1-3-5(9)8(12)7(11)4(2)6(3)10/h10-12H2,1-2H3. The molecule has 0 atom stereocenters. The van der Waals surface area contributed by atoms with Crippen LogP contribution in [0.3, 0.4) is 0 Å². The van der Waals surface area contributed by atoms with E-state index in [1.165, 1.54) is 0 Å². The zero-order valence-electron chi connectivity index (χ0n) is 7.11. The maximum Gasteiger partial charge on any atom is 0.0690 e. The Labute approximate surface area is 85.4 Å². The molecule has 0 heterocycles. The fourth-order valence-electron chi connectivity index (χ4n) is 1.07. The molecule has 0 amide bonds. The van der Waals surface area contributed by atoms with Crippen molar-refractivity contribution in [2.45, 2.75) is 13.8 Å². The number of rotatable bonds is 0. The topological polar surface area (TPSA) is 78.1 Å². The summed E-state index contributed by atoms with van der Waals surface area (Å²) in [7, 11) is 0. The molecule has 0 radical (unpaired) electrons. The lowest BCUT2D eigenvalue weighted by Gasteiger charge is -2.13. The highest BCUT2D eigenvalue weighted by Gasteiger charge is 2.11. The summed E-state index contributed by atoms with van der Waals surface area (Å²) in [5, 5.41) is 0. The third kappa shape index (κ3) is 1.20. The SMILES string of the molecule is Cc1c(N)c(C)c(I)c(N)c1N. The van der Waals surface area contributed by atoms with Crippen molar-refractivity contribution in [2.24, 2.45) is 0 Å². The van der Waals surface area contributed by atoms with Crippen LogP contribution in [0.2, 0.25) is 0 Å². The zero-order valence-corrected chi connectivity index (χ0v) is 9.27. The number of anilines is 3. The van der Waals surface area contributed by atoms with Gasteiger partial charge in [0.1, 0.15) is 0 Å². The summed E-state index contributed by atoms with van der Waals surface area (Å²) in [6, 6.07) is 0. The minimum atomic E-state index is 0.600. The van der Waals surface area contributed by atoms with Crippen LogP contribution in [0.25, 0.3) is 0 Å². The average Bonchev–Trinajstić information content (AvgIpc) is 2.08. The number of nitrogen functional groups attached to an aromatic ring is 3. The van der Waals surface area contributed by atoms with E-state index in [4.69, 9.17) is 17.2 Å². The number of halogens is 1. The van der Waals surface area contributed by atoms with Crippen LogP contribution in [-0.2, 0) is 0 Å². The second kappa shape index (κ2) is 3.01. The molecule has 12 heavy (non-hydrogen) atoms. The lowest BCUT2D eigenvalue weighted by atomic mass is 10.1. The lowest BCUT2D eigenvalue weighted by molar-refractivity contribution is 1.36. The van der Waals surface area contributed by atoms with Gasteiger partial charge in [-0.05, 0) is 47.6 Å². The average molecular weight is 277 g/mol. The van der Waals surface area contributed by atoms with E-state index in [0.29, 0.717) is 11.4 Å². The predicted octanol–water partition coefficient (Wildman–Crippen LogP) is 1.65. The minimum Gasteiger partial charge on any atom is -0.398 e. The van der Waals surface area contributed by atoms with E-state index in [-0.39, 0.29) is 0 Å². The molecule has 0 saturated carbocycles. The zero-order chi connectivity index (χ0) is 9.46. The Hall–Kier alpha value is -0.650. The van der Waals surface area contributed by atoms with E-state index in [1.807, 2.05) is 13.8 Å². The van der Waals surface area contributed by atoms with E-state index >= 15 is 0 Å². The van der Waals surface area contributed by atoms with Crippen molar-refractivity contribution < 1.29 is 0 Å². The van der Waals surface area contributed by atoms with Crippen molar-refractivity contribution in [3.63, 3.8) is 0 Å². The normalized spacial score (nSPS) is 10.2. The first-order valence-corrected chi connectivity index (χ1v) is 4.63. The van der Waals surface area contributed by atoms with E-state index in [0.717, 1.165) is 20.4 Å². The molecular formula is C8H12IN3. The highest BCUT2D eigenvalue weighted by atomic mass is 127. The van der Waals surface area contributed by atoms with Crippen LogP contribution in [0.1, 0.15) is 11.1 Å². The Morgan fingerprint density at radius 3 is 1.83 bits per heavy atom. The maximum atomic E-state index is 5.81. The predicted molar refractivity (Wildman–Crippen MR) is 61.9 cm³/mol. The Kier molecular flexibility index (Phi) is 2.36. The molecule has 3 nitrogen and oxygen atoms in total. The fraction of sp³-hybridized carbons (Fsp3) is 0.250. The molecule has 4 heteroatoms. The number of benzene rings is 1. The van der Waals surface area contributed by atoms with Crippen LogP contribution < -0.4 is 17.2 Å². The molecule has 0 aliphatic heterocycles. The third-order valence-electron chi connectivity index (χ3n) is 2.07. The monoisotopic (exact) mass is 277 g/mol. The van der Waals surface area contributed by atoms with Gasteiger partial charge in [-0.1, -0.05) is 0 Å². The molecule has 6 N–H and O–H groups in total. The largest absolute Gasteiger partial charge is 0.398 e. The Balaban J connectivity index is 3.60. The van der Waals surface area contributed by atoms with Gasteiger partial charge >= 0.3 is 0 Å². The molecule has 0 unspecified atom stereocenters. The van der Waals surface area contributed by atoms with Crippen molar-refractivity contribution >= 4 is 39.7 Å². The number of hydrogen-bond donors (Lipinski definition) is 3. The van der Waals surface area contributed by atoms with Gasteiger partial charge in [0, 0.05) is 9.26 Å². The molecule has 0 fully saturated rings. The van der Waals surface area contributed by atoms with Crippen molar-refractivity contribution in [1.29, 1.82) is 0 Å². The molecule has 0 bridgehead atoms. The summed E-state index contributed by atoms with van der Waals surface area (Å²) in [6.07, 6.45) is 0. The fourth-order valence-corrected chi connectivity index (χ4v) is 1.65. The second-order valence-corrected chi connectivity index (χ2v) is 3.88. The summed E-state index contributed by atoms with van der Waals surface area (Å²) in [5.41, 5.74) is 21.2. The van der Waals surface area contributed by atoms with E-state index < -0.39 is 0 Å². The van der Waals surface area contributed by atoms with Crippen molar-refractivity contribution in [2.75, 3.05) is 17.2 Å². The molecular weight excluding hydrogens is 265 g/mol. The maximum absolute atomic E-state index is 5.81. The van der Waals surface area contributed by atoms with Gasteiger partial charge in [-0.3, -0.25) is 0 Å². The minimum absolute atomic E-state index is 0.600. The van der Waals surface area contributed by atoms with Crippen molar-refractivity contribution in [3.8, 4) is 0 Å². The number of nitrogens with two attached hydrogens (primary N) is 3. The van der Waals surface area contributed by atoms with Gasteiger partial charge in [0.2, 0.25) is 0 Å². The van der Waals surface area contributed by atoms with Gasteiger partial charge in [0.15, 0.2) is 0 Å². The van der Waals surface area contributed by atoms with Gasteiger partial charge < -0.3 is 17.2 Å². The summed E-state index contributed by atoms with van der Waals surface area (Å²) in [4.78, 5) is 0. The summed E-state index contributed by atoms with van der Waals surface area (Å²) >= 11 is 2.15. The Morgan fingerprint density at radius 1 is 0.833 bits per heavy atom. The highest BCUT2D eigenvalue weighted by molar-refractivity contribution is 14.1. The first-order valence-electron chi connectivity index (χ1n) is 3.56. The van der Waals surface area contributed by atoms with Crippen LogP contribution in [-0.4, -0.2) is 0 Å². The van der Waals surface area contributed by atoms with Gasteiger partial charge in [-0.2, -0.15) is 0 Å². The Morgan fingerprint density at radius 2 is 1.33 bits per heavy atom. The molecule has 1 rings (SSSR count). The number of hydrogen-bond acceptors (Lipinski definition) is 3. The van der Waals surface area contributed by atoms with Crippen LogP contribution >= 0.6 is 22.6 Å². The van der Waals surface area contributed by atoms with Crippen LogP contribution in [0.5, 0.6) is 0 Å². The van der Waals surface area contributed by atoms with Gasteiger partial charge in [-0.25, -0.2) is 0 Å². The van der Waals surface area contributed by atoms with Crippen LogP contribution in [0.4, 0.5) is 17.1 Å². The molecule has 66 valence electrons. The summed E-state index contributed by atoms with van der Waals surface area (Å²) < 4.78 is 0.952. The smallest absolute Gasteiger partial charge is 0.0690 e. The van der Waals surface area contributed by atoms with Gasteiger partial charge in [-0.15, -0.1) is 0 Å². The molecule has 1 aromatic rings. The van der Waals surface area contributed by atoms with Crippen molar-refractivity contribution in [3.05, 3.63) is 14.7 Å². The van der Waals surface area contributed by atoms with Gasteiger partial charge in [0.25, 0.3) is 0 Å². The quantitative estimate of drug-likeness (QED) is 0.498. The van der Waals surface area contributed by atoms with Crippen LogP contribution in [0, 0.1) is 17.4 Å². The van der Waals surface area contributed by atoms with Gasteiger partial charge in [0.05, 0.1) is 11.4 Å².